The van der Waals surface area contributed by atoms with Crippen molar-refractivity contribution in [3.8, 4) is 55.6 Å². The van der Waals surface area contributed by atoms with E-state index in [1.165, 1.54) is 88.0 Å². The van der Waals surface area contributed by atoms with Crippen LogP contribution in [0.5, 0.6) is 0 Å². The van der Waals surface area contributed by atoms with Gasteiger partial charge < -0.3 is 0 Å². The van der Waals surface area contributed by atoms with Crippen molar-refractivity contribution in [3.05, 3.63) is 219 Å². The minimum absolute atomic E-state index is 1.21. The molecule has 0 heterocycles. The second-order valence-electron chi connectivity index (χ2n) is 12.9. The van der Waals surface area contributed by atoms with Crippen LogP contribution in [-0.2, 0) is 0 Å². The molecule has 9 aromatic carbocycles. The number of rotatable bonds is 6. The van der Waals surface area contributed by atoms with Crippen molar-refractivity contribution < 1.29 is 0 Å². The molecule has 9 rings (SSSR count). The summed E-state index contributed by atoms with van der Waals surface area (Å²) in [5.74, 6) is 0. The zero-order valence-electron chi connectivity index (χ0n) is 29.0. The molecule has 0 bridgehead atoms. The Balaban J connectivity index is 0.000000922. The van der Waals surface area contributed by atoms with Gasteiger partial charge in [0, 0.05) is 0 Å². The Kier molecular flexibility index (Phi) is 9.12. The van der Waals surface area contributed by atoms with Crippen LogP contribution in [0.25, 0.3) is 88.0 Å². The van der Waals surface area contributed by atoms with Crippen molar-refractivity contribution in [3.63, 3.8) is 0 Å². The third-order valence-corrected chi connectivity index (χ3v) is 9.81. The normalized spacial score (nSPS) is 10.8. The second-order valence-corrected chi connectivity index (χ2v) is 12.9. The summed E-state index contributed by atoms with van der Waals surface area (Å²) < 4.78 is 0. The van der Waals surface area contributed by atoms with Crippen molar-refractivity contribution in [1.82, 2.24) is 0 Å². The molecule has 0 radical (unpaired) electrons. The third-order valence-electron chi connectivity index (χ3n) is 9.81. The van der Waals surface area contributed by atoms with E-state index in [1.807, 2.05) is 0 Å². The van der Waals surface area contributed by atoms with Crippen molar-refractivity contribution in [2.45, 2.75) is 0 Å². The Morgan fingerprint density at radius 1 is 0.269 bits per heavy atom. The molecule has 0 unspecified atom stereocenters. The van der Waals surface area contributed by atoms with Crippen LogP contribution in [0.1, 0.15) is 0 Å². The first-order valence-corrected chi connectivity index (χ1v) is 17.8. The molecule has 52 heavy (non-hydrogen) atoms. The lowest BCUT2D eigenvalue weighted by molar-refractivity contribution is 1.57. The summed E-state index contributed by atoms with van der Waals surface area (Å²) in [4.78, 5) is 0. The molecule has 0 atom stereocenters. The van der Waals surface area contributed by atoms with E-state index in [0.29, 0.717) is 0 Å². The van der Waals surface area contributed by atoms with Gasteiger partial charge in [-0.3, -0.25) is 0 Å². The third kappa shape index (κ3) is 6.23. The van der Waals surface area contributed by atoms with Gasteiger partial charge in [0.05, 0.1) is 0 Å². The van der Waals surface area contributed by atoms with Gasteiger partial charge in [0.15, 0.2) is 0 Å². The number of fused-ring (bicyclic) bond motifs is 3. The summed E-state index contributed by atoms with van der Waals surface area (Å²) in [5, 5.41) is 7.53. The fourth-order valence-electron chi connectivity index (χ4n) is 7.38. The van der Waals surface area contributed by atoms with E-state index in [0.717, 1.165) is 0 Å². The smallest absolute Gasteiger partial charge is 0.00259 e. The van der Waals surface area contributed by atoms with Gasteiger partial charge in [-0.05, 0) is 106 Å². The molecule has 0 aliphatic carbocycles. The van der Waals surface area contributed by atoms with Gasteiger partial charge in [-0.1, -0.05) is 201 Å². The molecule has 0 amide bonds. The van der Waals surface area contributed by atoms with E-state index < -0.39 is 0 Å². The maximum absolute atomic E-state index is 3.36. The number of hydrogen-bond acceptors (Lipinski definition) is 0. The van der Waals surface area contributed by atoms with E-state index in [4.69, 9.17) is 0 Å². The van der Waals surface area contributed by atoms with Crippen LogP contribution in [0.2, 0.25) is 0 Å². The zero-order valence-corrected chi connectivity index (χ0v) is 29.0. The van der Waals surface area contributed by atoms with E-state index >= 15 is 0 Å². The van der Waals surface area contributed by atoms with E-state index in [1.54, 1.807) is 12.2 Å². The van der Waals surface area contributed by atoms with Crippen LogP contribution >= 0.6 is 0 Å². The first kappa shape index (κ1) is 32.4. The Morgan fingerprint density at radius 3 is 1.37 bits per heavy atom. The molecule has 0 N–H and O–H groups in total. The van der Waals surface area contributed by atoms with Crippen molar-refractivity contribution in [2.24, 2.45) is 0 Å². The molecular weight excluding hydrogens is 625 g/mol. The van der Waals surface area contributed by atoms with Crippen molar-refractivity contribution in [2.75, 3.05) is 0 Å². The molecule has 0 aliphatic heterocycles. The van der Waals surface area contributed by atoms with Crippen LogP contribution in [0, 0.1) is 0 Å². The van der Waals surface area contributed by atoms with Gasteiger partial charge >= 0.3 is 0 Å². The van der Waals surface area contributed by atoms with Gasteiger partial charge in [-0.2, -0.15) is 0 Å². The molecule has 0 saturated heterocycles. The molecule has 0 nitrogen and oxygen atoms in total. The van der Waals surface area contributed by atoms with E-state index in [9.17, 15) is 0 Å². The van der Waals surface area contributed by atoms with Crippen LogP contribution in [0.4, 0.5) is 0 Å². The Labute approximate surface area is 306 Å². The minimum atomic E-state index is 1.21. The maximum Gasteiger partial charge on any atom is -0.00259 e. The number of benzene rings is 9. The fraction of sp³-hybridized carbons (Fsp3) is 0. The molecule has 0 heteroatoms. The molecular formula is C52H38. The maximum atomic E-state index is 3.36. The van der Waals surface area contributed by atoms with Crippen LogP contribution in [-0.4, -0.2) is 0 Å². The van der Waals surface area contributed by atoms with Crippen LogP contribution in [0.15, 0.2) is 219 Å². The highest BCUT2D eigenvalue weighted by Gasteiger charge is 2.19. The quantitative estimate of drug-likeness (QED) is 0.123. The summed E-state index contributed by atoms with van der Waals surface area (Å²) in [6, 6.07) is 70.8. The van der Waals surface area contributed by atoms with Gasteiger partial charge in [0.2, 0.25) is 0 Å². The molecule has 0 aliphatic rings. The number of hydrogen-bond donors (Lipinski definition) is 0. The number of allylic oxidation sites excluding steroid dienone is 2. The van der Waals surface area contributed by atoms with Crippen LogP contribution in [0.3, 0.4) is 0 Å². The monoisotopic (exact) mass is 662 g/mol. The summed E-state index contributed by atoms with van der Waals surface area (Å²) in [6.07, 6.45) is 3.28. The predicted octanol–water partition coefficient (Wildman–Crippen LogP) is 14.8. The van der Waals surface area contributed by atoms with Crippen molar-refractivity contribution in [1.29, 1.82) is 0 Å². The van der Waals surface area contributed by atoms with E-state index in [2.05, 4.69) is 207 Å². The Hall–Kier alpha value is -6.76. The molecule has 9 aromatic rings. The summed E-state index contributed by atoms with van der Waals surface area (Å²) in [7, 11) is 0. The SMILES string of the molecule is C=CC=C.c1ccc(-c2ccc3c(-c4ccc5ccccc5c4)c4ccccc4c(-c4ccc(-c5ccccc5)c(-c5ccccc5)c4)c3c2)cc1. The Morgan fingerprint density at radius 2 is 0.731 bits per heavy atom. The highest BCUT2D eigenvalue weighted by molar-refractivity contribution is 6.22. The lowest BCUT2D eigenvalue weighted by Gasteiger charge is -2.20. The highest BCUT2D eigenvalue weighted by Crippen LogP contribution is 2.46. The standard InChI is InChI=1S/C48H32.C4H6/c1-4-14-33(15-5-1)38-26-29-44-46(31-38)48(40-27-28-41(35-17-6-2-7-18-35)45(32-40)36-19-8-3-9-20-36)43-23-13-12-22-42(43)47(44)39-25-24-34-16-10-11-21-37(34)30-39;1-3-4-2/h1-32H;3-4H,1-2H2. The predicted molar refractivity (Wildman–Crippen MR) is 227 cm³/mol. The first-order chi connectivity index (χ1) is 25.7. The first-order valence-electron chi connectivity index (χ1n) is 17.8. The van der Waals surface area contributed by atoms with Crippen molar-refractivity contribution >= 4 is 32.3 Å². The van der Waals surface area contributed by atoms with Gasteiger partial charge in [-0.25, -0.2) is 0 Å². The lowest BCUT2D eigenvalue weighted by Crippen LogP contribution is -1.93. The fourth-order valence-corrected chi connectivity index (χ4v) is 7.38. The minimum Gasteiger partial charge on any atom is -0.0991 e. The summed E-state index contributed by atoms with van der Waals surface area (Å²) >= 11 is 0. The largest absolute Gasteiger partial charge is 0.0991 e. The average Bonchev–Trinajstić information content (AvgIpc) is 3.23. The zero-order chi connectivity index (χ0) is 35.3. The second kappa shape index (κ2) is 14.6. The van der Waals surface area contributed by atoms with Gasteiger partial charge in [-0.15, -0.1) is 0 Å². The summed E-state index contributed by atoms with van der Waals surface area (Å²) in [5.41, 5.74) is 12.3. The lowest BCUT2D eigenvalue weighted by atomic mass is 9.83. The average molecular weight is 663 g/mol. The highest BCUT2D eigenvalue weighted by atomic mass is 14.2. The van der Waals surface area contributed by atoms with Crippen LogP contribution < -0.4 is 0 Å². The molecule has 246 valence electrons. The molecule has 0 fully saturated rings. The van der Waals surface area contributed by atoms with E-state index in [-0.39, 0.29) is 0 Å². The van der Waals surface area contributed by atoms with Gasteiger partial charge in [0.25, 0.3) is 0 Å². The summed E-state index contributed by atoms with van der Waals surface area (Å²) in [6.45, 7) is 6.72. The van der Waals surface area contributed by atoms with Gasteiger partial charge in [0.1, 0.15) is 0 Å². The molecule has 0 aromatic heterocycles. The molecule has 0 saturated carbocycles. The topological polar surface area (TPSA) is 0 Å². The molecule has 0 spiro atoms. The Bertz CT molecular complexity index is 2680.